The standard InChI is InChI=1S/C17H16N2O/c1-13(20-15-10-6-3-7-11-15)17-18-12-16(19-17)14-8-4-2-5-9-14/h2-13H,1H3,(H,18,19). The molecule has 100 valence electrons. The van der Waals surface area contributed by atoms with Crippen molar-refractivity contribution in [2.24, 2.45) is 0 Å². The minimum absolute atomic E-state index is 0.116. The molecule has 0 saturated carbocycles. The molecule has 3 rings (SSSR count). The molecule has 0 radical (unpaired) electrons. The van der Waals surface area contributed by atoms with E-state index in [0.717, 1.165) is 22.8 Å². The van der Waals surface area contributed by atoms with E-state index in [1.165, 1.54) is 0 Å². The third-order valence-electron chi connectivity index (χ3n) is 3.12. The lowest BCUT2D eigenvalue weighted by Crippen LogP contribution is -2.04. The third kappa shape index (κ3) is 2.72. The number of ether oxygens (including phenoxy) is 1. The van der Waals surface area contributed by atoms with Crippen LogP contribution in [0.15, 0.2) is 66.9 Å². The lowest BCUT2D eigenvalue weighted by atomic mass is 10.2. The van der Waals surface area contributed by atoms with Crippen LogP contribution in [0.1, 0.15) is 18.9 Å². The van der Waals surface area contributed by atoms with Gasteiger partial charge in [-0.1, -0.05) is 48.5 Å². The zero-order chi connectivity index (χ0) is 13.8. The minimum Gasteiger partial charge on any atom is -0.483 e. The van der Waals surface area contributed by atoms with Crippen LogP contribution < -0.4 is 4.74 Å². The maximum atomic E-state index is 5.86. The molecule has 0 amide bonds. The predicted molar refractivity (Wildman–Crippen MR) is 79.5 cm³/mol. The van der Waals surface area contributed by atoms with Crippen LogP contribution in [-0.4, -0.2) is 9.97 Å². The number of benzene rings is 2. The number of nitrogens with zero attached hydrogens (tertiary/aromatic N) is 1. The van der Waals surface area contributed by atoms with E-state index < -0.39 is 0 Å². The van der Waals surface area contributed by atoms with E-state index in [2.05, 4.69) is 22.1 Å². The van der Waals surface area contributed by atoms with E-state index >= 15 is 0 Å². The van der Waals surface area contributed by atoms with Crippen molar-refractivity contribution in [3.05, 3.63) is 72.7 Å². The molecule has 3 heteroatoms. The van der Waals surface area contributed by atoms with Gasteiger partial charge < -0.3 is 9.72 Å². The summed E-state index contributed by atoms with van der Waals surface area (Å²) in [5.74, 6) is 1.67. The summed E-state index contributed by atoms with van der Waals surface area (Å²) in [5.41, 5.74) is 2.13. The molecule has 0 aliphatic carbocycles. The van der Waals surface area contributed by atoms with Crippen molar-refractivity contribution in [1.82, 2.24) is 9.97 Å². The highest BCUT2D eigenvalue weighted by Crippen LogP contribution is 2.22. The van der Waals surface area contributed by atoms with Gasteiger partial charge in [0.15, 0.2) is 6.10 Å². The van der Waals surface area contributed by atoms with Crippen LogP contribution in [0.2, 0.25) is 0 Å². The Balaban J connectivity index is 1.77. The van der Waals surface area contributed by atoms with Gasteiger partial charge in [-0.3, -0.25) is 0 Å². The average Bonchev–Trinajstić information content (AvgIpc) is 2.99. The van der Waals surface area contributed by atoms with Gasteiger partial charge in [0.2, 0.25) is 0 Å². The fraction of sp³-hybridized carbons (Fsp3) is 0.118. The summed E-state index contributed by atoms with van der Waals surface area (Å²) in [6.07, 6.45) is 1.73. The number of nitrogens with one attached hydrogen (secondary N) is 1. The van der Waals surface area contributed by atoms with Crippen LogP contribution in [0.25, 0.3) is 11.3 Å². The molecular formula is C17H16N2O. The second-order valence-corrected chi connectivity index (χ2v) is 4.62. The van der Waals surface area contributed by atoms with Gasteiger partial charge in [0, 0.05) is 0 Å². The van der Waals surface area contributed by atoms with E-state index in [1.54, 1.807) is 0 Å². The highest BCUT2D eigenvalue weighted by Gasteiger charge is 2.11. The normalized spacial score (nSPS) is 12.1. The van der Waals surface area contributed by atoms with Crippen LogP contribution in [-0.2, 0) is 0 Å². The quantitative estimate of drug-likeness (QED) is 0.766. The summed E-state index contributed by atoms with van der Waals surface area (Å²) in [5, 5.41) is 0. The Hall–Kier alpha value is -2.55. The summed E-state index contributed by atoms with van der Waals surface area (Å²) in [6.45, 7) is 1.99. The second-order valence-electron chi connectivity index (χ2n) is 4.62. The number of aromatic amines is 1. The number of rotatable bonds is 4. The fourth-order valence-corrected chi connectivity index (χ4v) is 2.07. The van der Waals surface area contributed by atoms with Crippen LogP contribution in [0.4, 0.5) is 0 Å². The molecule has 0 spiro atoms. The molecular weight excluding hydrogens is 248 g/mol. The SMILES string of the molecule is CC(Oc1ccccc1)c1ncc(-c2ccccc2)[nH]1. The van der Waals surface area contributed by atoms with Crippen molar-refractivity contribution in [1.29, 1.82) is 0 Å². The zero-order valence-electron chi connectivity index (χ0n) is 11.3. The highest BCUT2D eigenvalue weighted by atomic mass is 16.5. The van der Waals surface area contributed by atoms with E-state index in [-0.39, 0.29) is 6.10 Å². The van der Waals surface area contributed by atoms with Crippen molar-refractivity contribution in [3.8, 4) is 17.0 Å². The smallest absolute Gasteiger partial charge is 0.153 e. The van der Waals surface area contributed by atoms with Crippen molar-refractivity contribution < 1.29 is 4.74 Å². The maximum absolute atomic E-state index is 5.86. The monoisotopic (exact) mass is 264 g/mol. The van der Waals surface area contributed by atoms with Crippen LogP contribution in [0.5, 0.6) is 5.75 Å². The number of imidazole rings is 1. The molecule has 0 aliphatic heterocycles. The molecule has 20 heavy (non-hydrogen) atoms. The lowest BCUT2D eigenvalue weighted by Gasteiger charge is -2.12. The van der Waals surface area contributed by atoms with Crippen LogP contribution in [0, 0.1) is 0 Å². The maximum Gasteiger partial charge on any atom is 0.153 e. The van der Waals surface area contributed by atoms with Gasteiger partial charge in [-0.25, -0.2) is 4.98 Å². The number of para-hydroxylation sites is 1. The summed E-state index contributed by atoms with van der Waals surface area (Å²) in [4.78, 5) is 7.72. The average molecular weight is 264 g/mol. The molecule has 1 atom stereocenters. The third-order valence-corrected chi connectivity index (χ3v) is 3.12. The highest BCUT2D eigenvalue weighted by molar-refractivity contribution is 5.58. The molecule has 1 aromatic heterocycles. The van der Waals surface area contributed by atoms with Gasteiger partial charge in [-0.2, -0.15) is 0 Å². The summed E-state index contributed by atoms with van der Waals surface area (Å²) < 4.78 is 5.86. The van der Waals surface area contributed by atoms with Crippen molar-refractivity contribution >= 4 is 0 Å². The Bertz CT molecular complexity index is 662. The molecule has 3 nitrogen and oxygen atoms in total. The summed E-state index contributed by atoms with van der Waals surface area (Å²) in [7, 11) is 0. The molecule has 1 heterocycles. The van der Waals surface area contributed by atoms with Gasteiger partial charge in [0.25, 0.3) is 0 Å². The number of hydrogen-bond donors (Lipinski definition) is 1. The first kappa shape index (κ1) is 12.5. The van der Waals surface area contributed by atoms with E-state index in [0.29, 0.717) is 0 Å². The van der Waals surface area contributed by atoms with Crippen LogP contribution in [0.3, 0.4) is 0 Å². The first-order valence-corrected chi connectivity index (χ1v) is 6.65. The van der Waals surface area contributed by atoms with Gasteiger partial charge in [0.05, 0.1) is 11.9 Å². The molecule has 1 N–H and O–H groups in total. The van der Waals surface area contributed by atoms with E-state index in [9.17, 15) is 0 Å². The van der Waals surface area contributed by atoms with E-state index in [4.69, 9.17) is 4.74 Å². The lowest BCUT2D eigenvalue weighted by molar-refractivity contribution is 0.217. The fourth-order valence-electron chi connectivity index (χ4n) is 2.07. The molecule has 3 aromatic rings. The van der Waals surface area contributed by atoms with Crippen molar-refractivity contribution in [2.45, 2.75) is 13.0 Å². The van der Waals surface area contributed by atoms with Gasteiger partial charge in [-0.15, -0.1) is 0 Å². The molecule has 1 unspecified atom stereocenters. The van der Waals surface area contributed by atoms with Crippen molar-refractivity contribution in [2.75, 3.05) is 0 Å². The van der Waals surface area contributed by atoms with E-state index in [1.807, 2.05) is 61.7 Å². The topological polar surface area (TPSA) is 37.9 Å². The van der Waals surface area contributed by atoms with Crippen LogP contribution >= 0.6 is 0 Å². The van der Waals surface area contributed by atoms with Crippen molar-refractivity contribution in [3.63, 3.8) is 0 Å². The summed E-state index contributed by atoms with van der Waals surface area (Å²) in [6, 6.07) is 19.9. The van der Waals surface area contributed by atoms with Gasteiger partial charge in [0.1, 0.15) is 11.6 Å². The summed E-state index contributed by atoms with van der Waals surface area (Å²) >= 11 is 0. The second kappa shape index (κ2) is 5.61. The number of hydrogen-bond acceptors (Lipinski definition) is 2. The minimum atomic E-state index is -0.116. The Morgan fingerprint density at radius 1 is 0.950 bits per heavy atom. The number of aromatic nitrogens is 2. The zero-order valence-corrected chi connectivity index (χ0v) is 11.3. The Labute approximate surface area is 118 Å². The first-order valence-electron chi connectivity index (χ1n) is 6.65. The van der Waals surface area contributed by atoms with Gasteiger partial charge in [-0.05, 0) is 24.6 Å². The Morgan fingerprint density at radius 3 is 2.30 bits per heavy atom. The largest absolute Gasteiger partial charge is 0.483 e. The predicted octanol–water partition coefficient (Wildman–Crippen LogP) is 4.22. The Morgan fingerprint density at radius 2 is 1.60 bits per heavy atom. The first-order chi connectivity index (χ1) is 9.83. The number of H-pyrrole nitrogens is 1. The molecule has 2 aromatic carbocycles. The molecule has 0 aliphatic rings. The molecule has 0 fully saturated rings. The molecule has 0 saturated heterocycles. The molecule has 0 bridgehead atoms. The van der Waals surface area contributed by atoms with Gasteiger partial charge >= 0.3 is 0 Å². The Kier molecular flexibility index (Phi) is 3.50.